The van der Waals surface area contributed by atoms with E-state index in [0.29, 0.717) is 57.9 Å². The molecular formula is C35H36O9. The van der Waals surface area contributed by atoms with Gasteiger partial charge in [-0.3, -0.25) is 4.79 Å². The topological polar surface area (TPSA) is 114 Å². The van der Waals surface area contributed by atoms with Gasteiger partial charge in [0.15, 0.2) is 17.3 Å². The number of esters is 3. The van der Waals surface area contributed by atoms with Gasteiger partial charge in [-0.15, -0.1) is 0 Å². The lowest BCUT2D eigenvalue weighted by atomic mass is 9.99. The maximum atomic E-state index is 13.5. The molecule has 0 aliphatic rings. The molecule has 0 saturated heterocycles. The van der Waals surface area contributed by atoms with Crippen LogP contribution in [0, 0.1) is 0 Å². The molecule has 0 N–H and O–H groups in total. The number of benzene rings is 3. The first-order valence-corrected chi connectivity index (χ1v) is 14.0. The quantitative estimate of drug-likeness (QED) is 0.0612. The van der Waals surface area contributed by atoms with Gasteiger partial charge in [0.2, 0.25) is 0 Å². The zero-order valence-electron chi connectivity index (χ0n) is 25.2. The minimum absolute atomic E-state index is 0.139. The Morgan fingerprint density at radius 2 is 1.07 bits per heavy atom. The molecule has 0 fully saturated rings. The number of fused-ring (bicyclic) bond motifs is 1. The number of hydrogen-bond donors (Lipinski definition) is 0. The second-order valence-electron chi connectivity index (χ2n) is 10.1. The number of ether oxygens (including phenoxy) is 5. The minimum Gasteiger partial charge on any atom is -0.490 e. The standard InChI is InChI=1S/C35H36O9/c1-22(2)33(37)42-17-7-15-40-30-14-12-28(21-31(30)41-16-8-18-43-34(38)23(3)4)32(36)27-10-9-26-20-29(13-11-25(26)19-27)44-35(39)24(5)6/h9-14,19-21H,1,3,5,7-8,15-18H2,2,4,6H3. The molecule has 0 heterocycles. The van der Waals surface area contributed by atoms with Crippen molar-refractivity contribution < 1.29 is 42.9 Å². The van der Waals surface area contributed by atoms with Crippen LogP contribution in [0.3, 0.4) is 0 Å². The number of ketones is 1. The Morgan fingerprint density at radius 1 is 0.568 bits per heavy atom. The second kappa shape index (κ2) is 15.9. The van der Waals surface area contributed by atoms with Crippen molar-refractivity contribution in [2.75, 3.05) is 26.4 Å². The van der Waals surface area contributed by atoms with Gasteiger partial charge in [0.1, 0.15) is 5.75 Å². The number of carbonyl (C=O) groups excluding carboxylic acids is 4. The van der Waals surface area contributed by atoms with Crippen molar-refractivity contribution in [2.45, 2.75) is 33.6 Å². The lowest BCUT2D eigenvalue weighted by molar-refractivity contribution is -0.140. The molecule has 0 aliphatic carbocycles. The molecule has 0 unspecified atom stereocenters. The number of carbonyl (C=O) groups is 4. The fraction of sp³-hybridized carbons (Fsp3) is 0.257. The molecule has 0 aliphatic heterocycles. The fourth-order valence-electron chi connectivity index (χ4n) is 3.73. The Balaban J connectivity index is 1.74. The highest BCUT2D eigenvalue weighted by Gasteiger charge is 2.16. The molecule has 44 heavy (non-hydrogen) atoms. The monoisotopic (exact) mass is 600 g/mol. The van der Waals surface area contributed by atoms with Gasteiger partial charge in [-0.2, -0.15) is 0 Å². The maximum absolute atomic E-state index is 13.5. The van der Waals surface area contributed by atoms with Crippen molar-refractivity contribution in [3.05, 3.63) is 102 Å². The van der Waals surface area contributed by atoms with Gasteiger partial charge in [0.05, 0.1) is 26.4 Å². The van der Waals surface area contributed by atoms with E-state index in [2.05, 4.69) is 19.7 Å². The Hall–Kier alpha value is -5.18. The molecule has 230 valence electrons. The third-order valence-corrected chi connectivity index (χ3v) is 6.09. The summed E-state index contributed by atoms with van der Waals surface area (Å²) in [5.74, 6) is -0.569. The average Bonchev–Trinajstić information content (AvgIpc) is 3.00. The van der Waals surface area contributed by atoms with Gasteiger partial charge in [0.25, 0.3) is 0 Å². The first-order valence-electron chi connectivity index (χ1n) is 14.0. The van der Waals surface area contributed by atoms with Crippen LogP contribution < -0.4 is 14.2 Å². The molecule has 3 aromatic carbocycles. The Morgan fingerprint density at radius 3 is 1.66 bits per heavy atom. The van der Waals surface area contributed by atoms with E-state index in [1.165, 1.54) is 0 Å². The SMILES string of the molecule is C=C(C)C(=O)OCCCOc1ccc(C(=O)c2ccc3cc(OC(=O)C(=C)C)ccc3c2)cc1OCCCOC(=O)C(=C)C. The van der Waals surface area contributed by atoms with Crippen molar-refractivity contribution in [2.24, 2.45) is 0 Å². The molecule has 0 radical (unpaired) electrons. The summed E-state index contributed by atoms with van der Waals surface area (Å²) in [6.07, 6.45) is 0.836. The molecule has 0 aromatic heterocycles. The van der Waals surface area contributed by atoms with E-state index in [4.69, 9.17) is 23.7 Å². The van der Waals surface area contributed by atoms with Gasteiger partial charge in [-0.05, 0) is 67.9 Å². The van der Waals surface area contributed by atoms with Crippen LogP contribution in [0.1, 0.15) is 49.5 Å². The van der Waals surface area contributed by atoms with Crippen LogP contribution in [-0.2, 0) is 23.9 Å². The average molecular weight is 601 g/mol. The predicted octanol–water partition coefficient (Wildman–Crippen LogP) is 6.33. The highest BCUT2D eigenvalue weighted by molar-refractivity contribution is 6.11. The molecule has 0 bridgehead atoms. The summed E-state index contributed by atoms with van der Waals surface area (Å²) >= 11 is 0. The second-order valence-corrected chi connectivity index (χ2v) is 10.1. The highest BCUT2D eigenvalue weighted by atomic mass is 16.5. The summed E-state index contributed by atoms with van der Waals surface area (Å²) in [5.41, 5.74) is 1.75. The van der Waals surface area contributed by atoms with Crippen molar-refractivity contribution in [1.29, 1.82) is 0 Å². The Bertz CT molecular complexity index is 1600. The third-order valence-electron chi connectivity index (χ3n) is 6.09. The first-order chi connectivity index (χ1) is 21.0. The molecule has 0 spiro atoms. The summed E-state index contributed by atoms with van der Waals surface area (Å²) < 4.78 is 27.3. The van der Waals surface area contributed by atoms with E-state index < -0.39 is 17.9 Å². The first kappa shape index (κ1) is 33.3. The van der Waals surface area contributed by atoms with Crippen molar-refractivity contribution in [3.63, 3.8) is 0 Å². The lowest BCUT2D eigenvalue weighted by Crippen LogP contribution is -2.11. The van der Waals surface area contributed by atoms with Gasteiger partial charge in [-0.25, -0.2) is 14.4 Å². The van der Waals surface area contributed by atoms with Crippen molar-refractivity contribution >= 4 is 34.5 Å². The van der Waals surface area contributed by atoms with E-state index in [1.807, 2.05) is 0 Å². The van der Waals surface area contributed by atoms with Gasteiger partial charge in [-0.1, -0.05) is 37.9 Å². The molecule has 3 rings (SSSR count). The molecule has 0 atom stereocenters. The van der Waals surface area contributed by atoms with Crippen LogP contribution >= 0.6 is 0 Å². The van der Waals surface area contributed by atoms with Gasteiger partial charge < -0.3 is 23.7 Å². The van der Waals surface area contributed by atoms with E-state index in [-0.39, 0.29) is 32.2 Å². The van der Waals surface area contributed by atoms with Crippen molar-refractivity contribution in [3.8, 4) is 17.2 Å². The number of rotatable bonds is 16. The summed E-state index contributed by atoms with van der Waals surface area (Å²) in [7, 11) is 0. The molecule has 3 aromatic rings. The van der Waals surface area contributed by atoms with Crippen LogP contribution in [-0.4, -0.2) is 50.1 Å². The van der Waals surface area contributed by atoms with Crippen LogP contribution in [0.15, 0.2) is 91.1 Å². The van der Waals surface area contributed by atoms with Crippen molar-refractivity contribution in [1.82, 2.24) is 0 Å². The molecular weight excluding hydrogens is 564 g/mol. The molecule has 0 saturated carbocycles. The predicted molar refractivity (Wildman–Crippen MR) is 166 cm³/mol. The summed E-state index contributed by atoms with van der Waals surface area (Å²) in [5, 5.41) is 1.58. The van der Waals surface area contributed by atoms with Crippen LogP contribution in [0.4, 0.5) is 0 Å². The minimum atomic E-state index is -0.513. The Kier molecular flexibility index (Phi) is 12.0. The van der Waals surface area contributed by atoms with Gasteiger partial charge in [0, 0.05) is 40.7 Å². The summed E-state index contributed by atoms with van der Waals surface area (Å²) in [6, 6.07) is 15.3. The van der Waals surface area contributed by atoms with E-state index in [9.17, 15) is 19.2 Å². The molecule has 9 heteroatoms. The highest BCUT2D eigenvalue weighted by Crippen LogP contribution is 2.31. The van der Waals surface area contributed by atoms with Crippen LogP contribution in [0.25, 0.3) is 10.8 Å². The number of hydrogen-bond acceptors (Lipinski definition) is 9. The smallest absolute Gasteiger partial charge is 0.338 e. The van der Waals surface area contributed by atoms with E-state index in [1.54, 1.807) is 75.4 Å². The summed E-state index contributed by atoms with van der Waals surface area (Å²) in [6.45, 7) is 16.1. The van der Waals surface area contributed by atoms with Crippen LogP contribution in [0.5, 0.6) is 17.2 Å². The van der Waals surface area contributed by atoms with Crippen LogP contribution in [0.2, 0.25) is 0 Å². The molecule has 0 amide bonds. The molecule has 9 nitrogen and oxygen atoms in total. The van der Waals surface area contributed by atoms with E-state index in [0.717, 1.165) is 10.8 Å². The van der Waals surface area contributed by atoms with E-state index >= 15 is 0 Å². The normalized spacial score (nSPS) is 10.4. The maximum Gasteiger partial charge on any atom is 0.338 e. The zero-order chi connectivity index (χ0) is 32.2. The van der Waals surface area contributed by atoms with Gasteiger partial charge >= 0.3 is 17.9 Å². The fourth-order valence-corrected chi connectivity index (χ4v) is 3.73. The summed E-state index contributed by atoms with van der Waals surface area (Å²) in [4.78, 5) is 48.5. The lowest BCUT2D eigenvalue weighted by Gasteiger charge is -2.15. The zero-order valence-corrected chi connectivity index (χ0v) is 25.2. The Labute approximate surface area is 256 Å². The third kappa shape index (κ3) is 9.69. The largest absolute Gasteiger partial charge is 0.490 e.